The van der Waals surface area contributed by atoms with Crippen molar-refractivity contribution in [1.29, 1.82) is 0 Å². The van der Waals surface area contributed by atoms with Gasteiger partial charge in [-0.3, -0.25) is 0 Å². The van der Waals surface area contributed by atoms with Crippen LogP contribution in [0.2, 0.25) is 0 Å². The highest BCUT2D eigenvalue weighted by atomic mass is 19.1. The molecule has 0 bridgehead atoms. The van der Waals surface area contributed by atoms with Gasteiger partial charge in [-0.25, -0.2) is 4.39 Å². The highest BCUT2D eigenvalue weighted by Gasteiger charge is 2.21. The first kappa shape index (κ1) is 12.2. The highest BCUT2D eigenvalue weighted by Crippen LogP contribution is 2.25. The van der Waals surface area contributed by atoms with Gasteiger partial charge in [0, 0.05) is 0 Å². The number of nitrogens with two attached hydrogens (primary N) is 1. The number of aliphatic hydroxyl groups is 1. The van der Waals surface area contributed by atoms with Crippen LogP contribution in [0.5, 0.6) is 0 Å². The number of hydrogen-bond donors (Lipinski definition) is 3. The Labute approximate surface area is 101 Å². The molecule has 0 aromatic heterocycles. The molecule has 4 N–H and O–H groups in total. The number of aliphatic hydroxyl groups excluding tert-OH is 1. The zero-order chi connectivity index (χ0) is 12.3. The number of halogens is 1. The molecular weight excluding hydrogens is 219 g/mol. The van der Waals surface area contributed by atoms with Crippen LogP contribution in [0.25, 0.3) is 0 Å². The molecule has 1 aromatic carbocycles. The number of nitrogen functional groups attached to an aromatic ring is 1. The fourth-order valence-corrected chi connectivity index (χ4v) is 2.32. The van der Waals surface area contributed by atoms with Crippen LogP contribution < -0.4 is 11.1 Å². The van der Waals surface area contributed by atoms with Gasteiger partial charge in [0.05, 0.1) is 23.5 Å². The molecule has 0 aliphatic heterocycles. The Morgan fingerprint density at radius 3 is 2.76 bits per heavy atom. The zero-order valence-corrected chi connectivity index (χ0v) is 9.82. The van der Waals surface area contributed by atoms with Crippen molar-refractivity contribution in [2.45, 2.75) is 44.2 Å². The van der Waals surface area contributed by atoms with Crippen molar-refractivity contribution in [3.05, 3.63) is 24.0 Å². The van der Waals surface area contributed by atoms with Crippen LogP contribution in [-0.2, 0) is 0 Å². The predicted molar refractivity (Wildman–Crippen MR) is 67.3 cm³/mol. The fourth-order valence-electron chi connectivity index (χ4n) is 2.32. The van der Waals surface area contributed by atoms with Crippen molar-refractivity contribution in [2.75, 3.05) is 11.1 Å². The van der Waals surface area contributed by atoms with E-state index in [-0.39, 0.29) is 18.0 Å². The monoisotopic (exact) mass is 238 g/mol. The van der Waals surface area contributed by atoms with Crippen LogP contribution in [0, 0.1) is 5.82 Å². The minimum atomic E-state index is -0.345. The number of hydrogen-bond acceptors (Lipinski definition) is 3. The Morgan fingerprint density at radius 2 is 2.00 bits per heavy atom. The summed E-state index contributed by atoms with van der Waals surface area (Å²) in [4.78, 5) is 0. The van der Waals surface area contributed by atoms with E-state index in [1.807, 2.05) is 0 Å². The Morgan fingerprint density at radius 1 is 1.24 bits per heavy atom. The van der Waals surface area contributed by atoms with E-state index in [1.165, 1.54) is 12.1 Å². The summed E-state index contributed by atoms with van der Waals surface area (Å²) in [5, 5.41) is 13.2. The van der Waals surface area contributed by atoms with Crippen LogP contribution in [0.15, 0.2) is 18.2 Å². The van der Waals surface area contributed by atoms with Gasteiger partial charge in [0.15, 0.2) is 0 Å². The van der Waals surface area contributed by atoms with Crippen LogP contribution in [0.1, 0.15) is 32.1 Å². The molecule has 0 amide bonds. The summed E-state index contributed by atoms with van der Waals surface area (Å²) in [6.45, 7) is 0. The van der Waals surface area contributed by atoms with Crippen LogP contribution in [0.4, 0.5) is 15.8 Å². The van der Waals surface area contributed by atoms with E-state index >= 15 is 0 Å². The molecule has 0 radical (unpaired) electrons. The van der Waals surface area contributed by atoms with Gasteiger partial charge in [-0.2, -0.15) is 0 Å². The van der Waals surface area contributed by atoms with Gasteiger partial charge < -0.3 is 16.2 Å². The maximum atomic E-state index is 12.9. The lowest BCUT2D eigenvalue weighted by Crippen LogP contribution is -2.32. The maximum absolute atomic E-state index is 12.9. The summed E-state index contributed by atoms with van der Waals surface area (Å²) in [7, 11) is 0. The van der Waals surface area contributed by atoms with Crippen LogP contribution in [-0.4, -0.2) is 17.3 Å². The van der Waals surface area contributed by atoms with E-state index in [2.05, 4.69) is 5.32 Å². The second-order valence-electron chi connectivity index (χ2n) is 4.69. The van der Waals surface area contributed by atoms with E-state index in [1.54, 1.807) is 6.07 Å². The van der Waals surface area contributed by atoms with Gasteiger partial charge in [-0.05, 0) is 31.0 Å². The molecule has 0 spiro atoms. The largest absolute Gasteiger partial charge is 0.397 e. The van der Waals surface area contributed by atoms with Gasteiger partial charge in [0.2, 0.25) is 0 Å². The molecule has 1 aliphatic rings. The lowest BCUT2D eigenvalue weighted by Gasteiger charge is -2.23. The average molecular weight is 238 g/mol. The minimum absolute atomic E-state index is 0.0188. The van der Waals surface area contributed by atoms with Crippen LogP contribution >= 0.6 is 0 Å². The van der Waals surface area contributed by atoms with Crippen molar-refractivity contribution >= 4 is 11.4 Å². The molecule has 17 heavy (non-hydrogen) atoms. The van der Waals surface area contributed by atoms with Gasteiger partial charge in [0.1, 0.15) is 5.82 Å². The molecule has 1 fully saturated rings. The average Bonchev–Trinajstić information content (AvgIpc) is 2.48. The summed E-state index contributed by atoms with van der Waals surface area (Å²) < 4.78 is 12.9. The van der Waals surface area contributed by atoms with E-state index in [4.69, 9.17) is 5.73 Å². The Bertz CT molecular complexity index is 384. The Kier molecular flexibility index (Phi) is 3.84. The third-order valence-electron chi connectivity index (χ3n) is 3.33. The fraction of sp³-hybridized carbons (Fsp3) is 0.538. The Balaban J connectivity index is 2.08. The second-order valence-corrected chi connectivity index (χ2v) is 4.69. The molecule has 1 aromatic rings. The van der Waals surface area contributed by atoms with Gasteiger partial charge in [-0.15, -0.1) is 0 Å². The third-order valence-corrected chi connectivity index (χ3v) is 3.33. The summed E-state index contributed by atoms with van der Waals surface area (Å²) >= 11 is 0. The molecule has 4 heteroatoms. The van der Waals surface area contributed by atoms with Gasteiger partial charge in [-0.1, -0.05) is 19.3 Å². The first-order chi connectivity index (χ1) is 8.16. The molecule has 0 saturated heterocycles. The standard InChI is InChI=1S/C13H19FN2O/c14-9-6-7-11(10(15)8-9)16-12-4-2-1-3-5-13(12)17/h6-8,12-13,16-17H,1-5,15H2. The number of nitrogens with one attached hydrogen (secondary N) is 1. The van der Waals surface area contributed by atoms with E-state index in [9.17, 15) is 9.50 Å². The molecular formula is C13H19FN2O. The normalized spacial score (nSPS) is 25.3. The van der Waals surface area contributed by atoms with Crippen molar-refractivity contribution < 1.29 is 9.50 Å². The van der Waals surface area contributed by atoms with Crippen molar-refractivity contribution in [3.8, 4) is 0 Å². The summed E-state index contributed by atoms with van der Waals surface area (Å²) in [5.41, 5.74) is 6.84. The van der Waals surface area contributed by atoms with E-state index in [0.717, 1.165) is 32.1 Å². The quantitative estimate of drug-likeness (QED) is 0.548. The van der Waals surface area contributed by atoms with Gasteiger partial charge >= 0.3 is 0 Å². The maximum Gasteiger partial charge on any atom is 0.125 e. The van der Waals surface area contributed by atoms with Gasteiger partial charge in [0.25, 0.3) is 0 Å². The molecule has 1 aliphatic carbocycles. The third kappa shape index (κ3) is 3.09. The molecule has 94 valence electrons. The van der Waals surface area contributed by atoms with Crippen LogP contribution in [0.3, 0.4) is 0 Å². The van der Waals surface area contributed by atoms with E-state index in [0.29, 0.717) is 11.4 Å². The lowest BCUT2D eigenvalue weighted by atomic mass is 10.1. The summed E-state index contributed by atoms with van der Waals surface area (Å²) in [6, 6.07) is 4.32. The topological polar surface area (TPSA) is 58.3 Å². The first-order valence-electron chi connectivity index (χ1n) is 6.16. The number of rotatable bonds is 2. The second kappa shape index (κ2) is 5.36. The predicted octanol–water partition coefficient (Wildman–Crippen LogP) is 2.51. The number of benzene rings is 1. The van der Waals surface area contributed by atoms with Crippen molar-refractivity contribution in [2.24, 2.45) is 0 Å². The highest BCUT2D eigenvalue weighted by molar-refractivity contribution is 5.66. The summed E-state index contributed by atoms with van der Waals surface area (Å²) in [5.74, 6) is -0.338. The smallest absolute Gasteiger partial charge is 0.125 e. The van der Waals surface area contributed by atoms with Crippen molar-refractivity contribution in [1.82, 2.24) is 0 Å². The Hall–Kier alpha value is -1.29. The SMILES string of the molecule is Nc1cc(F)ccc1NC1CCCCCC1O. The van der Waals surface area contributed by atoms with Crippen molar-refractivity contribution in [3.63, 3.8) is 0 Å². The lowest BCUT2D eigenvalue weighted by molar-refractivity contribution is 0.144. The molecule has 3 nitrogen and oxygen atoms in total. The molecule has 0 heterocycles. The summed E-state index contributed by atoms with van der Waals surface area (Å²) in [6.07, 6.45) is 4.74. The zero-order valence-electron chi connectivity index (χ0n) is 9.82. The first-order valence-corrected chi connectivity index (χ1v) is 6.16. The van der Waals surface area contributed by atoms with E-state index < -0.39 is 0 Å². The number of anilines is 2. The molecule has 2 unspecified atom stereocenters. The molecule has 1 saturated carbocycles. The minimum Gasteiger partial charge on any atom is -0.397 e. The molecule has 2 atom stereocenters. The molecule has 2 rings (SSSR count).